The first-order chi connectivity index (χ1) is 15.1. The maximum atomic E-state index is 12.2. The molecule has 2 amide bonds. The first-order valence-electron chi connectivity index (χ1n) is 11.4. The van der Waals surface area contributed by atoms with E-state index in [2.05, 4.69) is 31.2 Å². The number of aromatic nitrogens is 2. The molecule has 0 aromatic carbocycles. The van der Waals surface area contributed by atoms with Crippen LogP contribution in [0, 0.1) is 5.41 Å². The van der Waals surface area contributed by atoms with Gasteiger partial charge < -0.3 is 31.8 Å². The van der Waals surface area contributed by atoms with Crippen LogP contribution in [0.1, 0.15) is 44.9 Å². The summed E-state index contributed by atoms with van der Waals surface area (Å²) in [5, 5.41) is 30.0. The summed E-state index contributed by atoms with van der Waals surface area (Å²) >= 11 is 0. The van der Waals surface area contributed by atoms with E-state index in [0.717, 1.165) is 84.3 Å². The summed E-state index contributed by atoms with van der Waals surface area (Å²) in [5.41, 5.74) is 5.14. The fourth-order valence-electron chi connectivity index (χ4n) is 3.41. The lowest BCUT2D eigenvalue weighted by molar-refractivity contribution is 0.170. The Balaban J connectivity index is 1.61. The van der Waals surface area contributed by atoms with E-state index in [0.29, 0.717) is 17.1 Å². The van der Waals surface area contributed by atoms with Gasteiger partial charge in [0, 0.05) is 25.7 Å². The molecule has 176 valence electrons. The van der Waals surface area contributed by atoms with Gasteiger partial charge in [0.15, 0.2) is 5.82 Å². The molecule has 0 unspecified atom stereocenters. The Bertz CT molecular complexity index is 704. The van der Waals surface area contributed by atoms with Crippen LogP contribution in [0.4, 0.5) is 16.4 Å². The van der Waals surface area contributed by atoms with Crippen LogP contribution >= 0.6 is 0 Å². The molecular formula is C20H39N9O2. The molecule has 11 heteroatoms. The van der Waals surface area contributed by atoms with Crippen LogP contribution in [-0.4, -0.2) is 73.3 Å². The summed E-state index contributed by atoms with van der Waals surface area (Å²) in [4.78, 5) is 18.4. The summed E-state index contributed by atoms with van der Waals surface area (Å²) in [6.45, 7) is 6.76. The molecule has 11 nitrogen and oxygen atoms in total. The second-order valence-corrected chi connectivity index (χ2v) is 7.77. The van der Waals surface area contributed by atoms with Gasteiger partial charge in [0.1, 0.15) is 5.82 Å². The molecule has 1 saturated heterocycles. The summed E-state index contributed by atoms with van der Waals surface area (Å²) in [6.07, 6.45) is 7.39. The minimum Gasteiger partial charge on any atom is -0.423 e. The van der Waals surface area contributed by atoms with Gasteiger partial charge in [-0.05, 0) is 77.7 Å². The Morgan fingerprint density at radius 3 is 2.35 bits per heavy atom. The van der Waals surface area contributed by atoms with E-state index in [-0.39, 0.29) is 11.4 Å². The highest BCUT2D eigenvalue weighted by Crippen LogP contribution is 2.18. The molecule has 2 heterocycles. The van der Waals surface area contributed by atoms with Crippen molar-refractivity contribution in [3.05, 3.63) is 11.7 Å². The van der Waals surface area contributed by atoms with E-state index < -0.39 is 6.03 Å². The molecule has 1 aromatic heterocycles. The lowest BCUT2D eigenvalue weighted by atomic mass is 10.1. The fourth-order valence-corrected chi connectivity index (χ4v) is 3.41. The molecule has 0 atom stereocenters. The van der Waals surface area contributed by atoms with Gasteiger partial charge in [0.05, 0.1) is 0 Å². The van der Waals surface area contributed by atoms with Crippen molar-refractivity contribution in [3.63, 3.8) is 0 Å². The summed E-state index contributed by atoms with van der Waals surface area (Å²) < 4.78 is 0.583. The molecule has 31 heavy (non-hydrogen) atoms. The van der Waals surface area contributed by atoms with Crippen LogP contribution < -0.4 is 37.5 Å². The third kappa shape index (κ3) is 9.53. The van der Waals surface area contributed by atoms with Crippen molar-refractivity contribution in [2.75, 3.05) is 62.6 Å². The number of carbonyl (C=O) groups excluding carboxylic acids is 1. The highest BCUT2D eigenvalue weighted by atomic mass is 16.5. The Morgan fingerprint density at radius 1 is 1.03 bits per heavy atom. The maximum Gasteiger partial charge on any atom is 0.320 e. The first-order valence-corrected chi connectivity index (χ1v) is 11.4. The van der Waals surface area contributed by atoms with Crippen molar-refractivity contribution >= 4 is 17.7 Å². The van der Waals surface area contributed by atoms with Crippen LogP contribution in [0.25, 0.3) is 0 Å². The minimum atomic E-state index is -0.415. The molecule has 0 radical (unpaired) electrons. The van der Waals surface area contributed by atoms with Crippen molar-refractivity contribution in [2.45, 2.75) is 44.9 Å². The smallest absolute Gasteiger partial charge is 0.320 e. The maximum absolute atomic E-state index is 12.2. The van der Waals surface area contributed by atoms with Crippen LogP contribution in [0.15, 0.2) is 6.07 Å². The Labute approximate surface area is 184 Å². The van der Waals surface area contributed by atoms with Gasteiger partial charge in [-0.25, -0.2) is 4.79 Å². The fraction of sp³-hybridized carbons (Fsp3) is 0.750. The normalized spacial score (nSPS) is 13.9. The predicted octanol–water partition coefficient (Wildman–Crippen LogP) is 0.410. The molecule has 8 N–H and O–H groups in total. The topological polar surface area (TPSA) is 156 Å². The number of anilines is 2. The zero-order valence-corrected chi connectivity index (χ0v) is 18.5. The monoisotopic (exact) mass is 437 g/mol. The molecule has 0 spiro atoms. The van der Waals surface area contributed by atoms with Crippen LogP contribution in [-0.2, 0) is 0 Å². The number of hydrogen-bond acceptors (Lipinski definition) is 8. The van der Waals surface area contributed by atoms with Gasteiger partial charge >= 0.3 is 6.03 Å². The van der Waals surface area contributed by atoms with Gasteiger partial charge in [-0.15, -0.1) is 4.73 Å². The SMILES string of the molecule is N=c1nc(N2CCCCC2)cc(NC(=O)NCCCNCCCCNCCCN)n1O. The number of urea groups is 1. The molecule has 0 aliphatic carbocycles. The number of piperidine rings is 1. The van der Waals surface area contributed by atoms with Crippen LogP contribution in [0.5, 0.6) is 0 Å². The van der Waals surface area contributed by atoms with Gasteiger partial charge in [0.25, 0.3) is 5.62 Å². The Kier molecular flexibility index (Phi) is 11.7. The minimum absolute atomic E-state index is 0.135. The van der Waals surface area contributed by atoms with E-state index in [9.17, 15) is 10.0 Å². The molecule has 1 fully saturated rings. The van der Waals surface area contributed by atoms with Gasteiger partial charge in [0.2, 0.25) is 0 Å². The number of nitrogens with zero attached hydrogens (tertiary/aromatic N) is 3. The zero-order chi connectivity index (χ0) is 22.3. The quantitative estimate of drug-likeness (QED) is 0.164. The average Bonchev–Trinajstić information content (AvgIpc) is 2.78. The van der Waals surface area contributed by atoms with Crippen LogP contribution in [0.2, 0.25) is 0 Å². The molecular weight excluding hydrogens is 398 g/mol. The molecule has 0 saturated carbocycles. The number of rotatable bonds is 14. The van der Waals surface area contributed by atoms with Crippen LogP contribution in [0.3, 0.4) is 0 Å². The van der Waals surface area contributed by atoms with E-state index in [1.807, 2.05) is 0 Å². The highest BCUT2D eigenvalue weighted by Gasteiger charge is 2.16. The second-order valence-electron chi connectivity index (χ2n) is 7.77. The highest BCUT2D eigenvalue weighted by molar-refractivity contribution is 5.88. The number of hydrogen-bond donors (Lipinski definition) is 7. The van der Waals surface area contributed by atoms with Crippen molar-refractivity contribution in [3.8, 4) is 0 Å². The molecule has 1 aromatic rings. The zero-order valence-electron chi connectivity index (χ0n) is 18.5. The number of unbranched alkanes of at least 4 members (excludes halogenated alkanes) is 1. The van der Waals surface area contributed by atoms with E-state index >= 15 is 0 Å². The standard InChI is InChI=1S/C20H39N9O2/c21-8-6-11-23-9-2-3-10-24-12-7-13-25-20(30)27-18-16-17(26-19(22)29(18)31)28-14-4-1-5-15-28/h16,22-24,31H,1-15,21H2,(H2,25,27,30). The van der Waals surface area contributed by atoms with E-state index in [1.165, 1.54) is 6.42 Å². The Hall–Kier alpha value is -2.37. The van der Waals surface area contributed by atoms with E-state index in [4.69, 9.17) is 11.1 Å². The Morgan fingerprint density at radius 2 is 1.68 bits per heavy atom. The molecule has 1 aliphatic rings. The van der Waals surface area contributed by atoms with Gasteiger partial charge in [-0.1, -0.05) is 0 Å². The van der Waals surface area contributed by atoms with Crippen molar-refractivity contribution in [2.24, 2.45) is 5.73 Å². The van der Waals surface area contributed by atoms with Gasteiger partial charge in [-0.2, -0.15) is 4.98 Å². The van der Waals surface area contributed by atoms with Gasteiger partial charge in [-0.3, -0.25) is 10.7 Å². The molecule has 1 aliphatic heterocycles. The molecule has 2 rings (SSSR count). The summed E-state index contributed by atoms with van der Waals surface area (Å²) in [7, 11) is 0. The summed E-state index contributed by atoms with van der Waals surface area (Å²) in [6, 6.07) is 1.19. The third-order valence-corrected chi connectivity index (χ3v) is 5.17. The van der Waals surface area contributed by atoms with E-state index in [1.54, 1.807) is 6.07 Å². The third-order valence-electron chi connectivity index (χ3n) is 5.17. The van der Waals surface area contributed by atoms with Crippen molar-refractivity contribution < 1.29 is 10.0 Å². The number of nitrogens with one attached hydrogen (secondary N) is 5. The summed E-state index contributed by atoms with van der Waals surface area (Å²) in [5.74, 6) is 0.736. The lowest BCUT2D eigenvalue weighted by Crippen LogP contribution is -2.36. The van der Waals surface area contributed by atoms with Crippen molar-refractivity contribution in [1.82, 2.24) is 25.7 Å². The van der Waals surface area contributed by atoms with Crippen molar-refractivity contribution in [1.29, 1.82) is 5.41 Å². The first kappa shape index (κ1) is 24.9. The average molecular weight is 438 g/mol. The number of amides is 2. The number of carbonyl (C=O) groups is 1. The predicted molar refractivity (Wildman–Crippen MR) is 122 cm³/mol. The number of nitrogens with two attached hydrogens (primary N) is 1. The lowest BCUT2D eigenvalue weighted by Gasteiger charge is -2.28. The second kappa shape index (κ2) is 14.6. The largest absolute Gasteiger partial charge is 0.423 e. The molecule has 0 bridgehead atoms.